The number of aromatic nitrogens is 1. The van der Waals surface area contributed by atoms with E-state index in [0.717, 1.165) is 5.01 Å². The highest BCUT2D eigenvalue weighted by atomic mass is 32.1. The Balaban J connectivity index is 1.82. The second-order valence-electron chi connectivity index (χ2n) is 4.47. The first-order chi connectivity index (χ1) is 11.1. The summed E-state index contributed by atoms with van der Waals surface area (Å²) in [6.45, 7) is 0. The number of benzene rings is 1. The first kappa shape index (κ1) is 14.9. The molecule has 3 aromatic rings. The van der Waals surface area contributed by atoms with E-state index in [1.54, 1.807) is 23.6 Å². The largest absolute Gasteiger partial charge is 0.459 e. The lowest BCUT2D eigenvalue weighted by Gasteiger charge is -2.10. The minimum atomic E-state index is -0.514. The van der Waals surface area contributed by atoms with Crippen molar-refractivity contribution >= 4 is 28.1 Å². The molecule has 0 aliphatic carbocycles. The maximum Gasteiger partial charge on any atom is 0.310 e. The molecule has 0 unspecified atom stereocenters. The van der Waals surface area contributed by atoms with E-state index in [9.17, 15) is 14.9 Å². The van der Waals surface area contributed by atoms with E-state index in [4.69, 9.17) is 10.3 Å². The van der Waals surface area contributed by atoms with Crippen LogP contribution in [0.5, 0.6) is 0 Å². The van der Waals surface area contributed by atoms with Crippen molar-refractivity contribution in [1.29, 1.82) is 0 Å². The fourth-order valence-electron chi connectivity index (χ4n) is 1.87. The Morgan fingerprint density at radius 1 is 1.30 bits per heavy atom. The first-order valence-electron chi connectivity index (χ1n) is 6.39. The number of nitrogens with zero attached hydrogens (tertiary/aromatic N) is 3. The lowest BCUT2D eigenvalue weighted by atomic mass is 10.1. The molecule has 2 aromatic heterocycles. The molecular formula is C14H10N4O4S. The summed E-state index contributed by atoms with van der Waals surface area (Å²) >= 11 is 1.18. The van der Waals surface area contributed by atoms with Gasteiger partial charge in [0.25, 0.3) is 5.69 Å². The number of hydrogen-bond acceptors (Lipinski definition) is 7. The maximum absolute atomic E-state index is 12.1. The Labute approximate surface area is 133 Å². The second-order valence-corrected chi connectivity index (χ2v) is 5.31. The number of hydrazine groups is 1. The van der Waals surface area contributed by atoms with Crippen molar-refractivity contribution in [2.45, 2.75) is 0 Å². The molecule has 23 heavy (non-hydrogen) atoms. The fourth-order valence-corrected chi connectivity index (χ4v) is 2.62. The van der Waals surface area contributed by atoms with Crippen LogP contribution in [0.3, 0.4) is 0 Å². The number of thiazole rings is 1. The molecule has 0 spiro atoms. The quantitative estimate of drug-likeness (QED) is 0.340. The van der Waals surface area contributed by atoms with Gasteiger partial charge < -0.3 is 4.42 Å². The van der Waals surface area contributed by atoms with Gasteiger partial charge in [0.2, 0.25) is 5.13 Å². The van der Waals surface area contributed by atoms with Crippen molar-refractivity contribution in [2.75, 3.05) is 5.01 Å². The van der Waals surface area contributed by atoms with Gasteiger partial charge >= 0.3 is 5.91 Å². The molecule has 0 fully saturated rings. The standard InChI is InChI=1S/C14H10N4O4S/c15-17(13(19)12-2-1-7-22-12)14-16-11(8-23-14)9-3-5-10(6-4-9)18(20)21/h1-8H,15H2. The molecule has 0 saturated carbocycles. The molecule has 0 saturated heterocycles. The Kier molecular flexibility index (Phi) is 3.87. The fraction of sp³-hybridized carbons (Fsp3) is 0. The van der Waals surface area contributed by atoms with Gasteiger partial charge in [0.15, 0.2) is 5.76 Å². The summed E-state index contributed by atoms with van der Waals surface area (Å²) in [6, 6.07) is 9.06. The van der Waals surface area contributed by atoms with E-state index in [1.807, 2.05) is 0 Å². The number of anilines is 1. The zero-order chi connectivity index (χ0) is 16.4. The van der Waals surface area contributed by atoms with Gasteiger partial charge in [0.1, 0.15) is 0 Å². The highest BCUT2D eigenvalue weighted by Gasteiger charge is 2.20. The van der Waals surface area contributed by atoms with Crippen molar-refractivity contribution in [3.63, 3.8) is 0 Å². The summed E-state index contributed by atoms with van der Waals surface area (Å²) in [4.78, 5) is 26.5. The maximum atomic E-state index is 12.1. The average molecular weight is 330 g/mol. The van der Waals surface area contributed by atoms with Crippen LogP contribution in [0.15, 0.2) is 52.5 Å². The zero-order valence-corrected chi connectivity index (χ0v) is 12.4. The van der Waals surface area contributed by atoms with Gasteiger partial charge in [0, 0.05) is 23.1 Å². The van der Waals surface area contributed by atoms with E-state index >= 15 is 0 Å². The van der Waals surface area contributed by atoms with Crippen LogP contribution in [0.25, 0.3) is 11.3 Å². The number of nitro groups is 1. The third-order valence-corrected chi connectivity index (χ3v) is 3.86. The molecule has 2 N–H and O–H groups in total. The number of nitrogens with two attached hydrogens (primary N) is 1. The molecule has 0 aliphatic heterocycles. The molecule has 0 atom stereocenters. The van der Waals surface area contributed by atoms with Crippen molar-refractivity contribution in [3.8, 4) is 11.3 Å². The van der Waals surface area contributed by atoms with Gasteiger partial charge in [-0.3, -0.25) is 14.9 Å². The van der Waals surface area contributed by atoms with Crippen LogP contribution in [0.1, 0.15) is 10.6 Å². The molecule has 116 valence electrons. The summed E-state index contributed by atoms with van der Waals surface area (Å²) in [5.41, 5.74) is 1.26. The smallest absolute Gasteiger partial charge is 0.310 e. The van der Waals surface area contributed by atoms with E-state index in [-0.39, 0.29) is 11.4 Å². The summed E-state index contributed by atoms with van der Waals surface area (Å²) in [5.74, 6) is 5.36. The van der Waals surface area contributed by atoms with Crippen LogP contribution >= 0.6 is 11.3 Å². The van der Waals surface area contributed by atoms with Crippen molar-refractivity contribution in [3.05, 3.63) is 63.9 Å². The number of hydrogen-bond donors (Lipinski definition) is 1. The number of carbonyl (C=O) groups is 1. The minimum Gasteiger partial charge on any atom is -0.459 e. The molecule has 0 radical (unpaired) electrons. The number of rotatable bonds is 4. The Morgan fingerprint density at radius 2 is 2.04 bits per heavy atom. The highest BCUT2D eigenvalue weighted by molar-refractivity contribution is 7.14. The predicted molar refractivity (Wildman–Crippen MR) is 83.9 cm³/mol. The Morgan fingerprint density at radius 3 is 2.65 bits per heavy atom. The second kappa shape index (κ2) is 5.99. The number of amides is 1. The van der Waals surface area contributed by atoms with Gasteiger partial charge in [0.05, 0.1) is 16.9 Å². The Bertz CT molecular complexity index is 842. The van der Waals surface area contributed by atoms with Crippen LogP contribution in [0.4, 0.5) is 10.8 Å². The van der Waals surface area contributed by atoms with Crippen LogP contribution in [-0.4, -0.2) is 15.8 Å². The van der Waals surface area contributed by atoms with E-state index < -0.39 is 10.8 Å². The predicted octanol–water partition coefficient (Wildman–Crippen LogP) is 2.83. The molecule has 0 aliphatic rings. The van der Waals surface area contributed by atoms with E-state index in [0.29, 0.717) is 16.4 Å². The molecule has 3 rings (SSSR count). The summed E-state index contributed by atoms with van der Waals surface area (Å²) in [7, 11) is 0. The molecule has 1 amide bonds. The average Bonchev–Trinajstić information content (AvgIpc) is 3.25. The summed E-state index contributed by atoms with van der Waals surface area (Å²) in [6.07, 6.45) is 1.38. The van der Waals surface area contributed by atoms with Crippen LogP contribution in [0.2, 0.25) is 0 Å². The van der Waals surface area contributed by atoms with Gasteiger partial charge in [-0.2, -0.15) is 0 Å². The number of carbonyl (C=O) groups excluding carboxylic acids is 1. The number of non-ortho nitro benzene ring substituents is 1. The summed E-state index contributed by atoms with van der Waals surface area (Å²) in [5, 5.41) is 13.6. The molecule has 0 bridgehead atoms. The normalized spacial score (nSPS) is 10.5. The zero-order valence-electron chi connectivity index (χ0n) is 11.6. The Hall–Kier alpha value is -3.04. The lowest BCUT2D eigenvalue weighted by molar-refractivity contribution is -0.384. The van der Waals surface area contributed by atoms with Crippen LogP contribution in [0, 0.1) is 10.1 Å². The monoisotopic (exact) mass is 330 g/mol. The van der Waals surface area contributed by atoms with Crippen molar-refractivity contribution in [1.82, 2.24) is 4.98 Å². The van der Waals surface area contributed by atoms with Crippen molar-refractivity contribution < 1.29 is 14.1 Å². The SMILES string of the molecule is NN(C(=O)c1ccco1)c1nc(-c2ccc([N+](=O)[O-])cc2)cs1. The number of furan rings is 1. The first-order valence-corrected chi connectivity index (χ1v) is 7.27. The topological polar surface area (TPSA) is 116 Å². The molecule has 9 heteroatoms. The van der Waals surface area contributed by atoms with Gasteiger partial charge in [-0.05, 0) is 24.3 Å². The van der Waals surface area contributed by atoms with Crippen LogP contribution < -0.4 is 10.9 Å². The highest BCUT2D eigenvalue weighted by Crippen LogP contribution is 2.28. The minimum absolute atomic E-state index is 0.00217. The molecule has 2 heterocycles. The summed E-state index contributed by atoms with van der Waals surface area (Å²) < 4.78 is 5.01. The third-order valence-electron chi connectivity index (χ3n) is 3.02. The van der Waals surface area contributed by atoms with Gasteiger partial charge in [-0.1, -0.05) is 0 Å². The van der Waals surface area contributed by atoms with Gasteiger partial charge in [-0.25, -0.2) is 15.8 Å². The van der Waals surface area contributed by atoms with Crippen LogP contribution in [-0.2, 0) is 0 Å². The molecule has 8 nitrogen and oxygen atoms in total. The van der Waals surface area contributed by atoms with E-state index in [2.05, 4.69) is 4.98 Å². The number of nitro benzene ring substituents is 1. The third kappa shape index (κ3) is 2.96. The molecular weight excluding hydrogens is 320 g/mol. The van der Waals surface area contributed by atoms with Crippen molar-refractivity contribution in [2.24, 2.45) is 5.84 Å². The van der Waals surface area contributed by atoms with Gasteiger partial charge in [-0.15, -0.1) is 11.3 Å². The van der Waals surface area contributed by atoms with E-state index in [1.165, 1.54) is 35.8 Å². The lowest BCUT2D eigenvalue weighted by Crippen LogP contribution is -2.37. The molecule has 1 aromatic carbocycles.